The number of anilines is 1. The molecule has 2 aliphatic carbocycles. The number of H-pyrrole nitrogens is 1. The molecule has 1 aromatic heterocycles. The van der Waals surface area contributed by atoms with Crippen molar-refractivity contribution in [1.29, 1.82) is 0 Å². The molecule has 11 heteroatoms. The largest absolute Gasteiger partial charge is 0.497 e. The van der Waals surface area contributed by atoms with Crippen LogP contribution >= 0.6 is 0 Å². The molecule has 0 spiro atoms. The normalized spacial score (nSPS) is 17.1. The Balaban J connectivity index is 1.33. The van der Waals surface area contributed by atoms with Crippen molar-refractivity contribution < 1.29 is 28.5 Å². The number of hydrogen-bond acceptors (Lipinski definition) is 8. The van der Waals surface area contributed by atoms with E-state index in [1.807, 2.05) is 30.3 Å². The number of benzene rings is 2. The predicted octanol–water partition coefficient (Wildman–Crippen LogP) is 5.35. The lowest BCUT2D eigenvalue weighted by molar-refractivity contribution is -0.122. The second-order valence-corrected chi connectivity index (χ2v) is 12.3. The maximum absolute atomic E-state index is 13.8. The highest BCUT2D eigenvalue weighted by Gasteiger charge is 2.31. The zero-order chi connectivity index (χ0) is 34.1. The zero-order valence-corrected chi connectivity index (χ0v) is 28.2. The predicted molar refractivity (Wildman–Crippen MR) is 184 cm³/mol. The number of aromatic amines is 1. The van der Waals surface area contributed by atoms with Crippen LogP contribution in [0.3, 0.4) is 0 Å². The number of rotatable bonds is 9. The third-order valence-corrected chi connectivity index (χ3v) is 9.41. The lowest BCUT2D eigenvalue weighted by atomic mass is 9.91. The molecule has 2 amide bonds. The highest BCUT2D eigenvalue weighted by molar-refractivity contribution is 5.88. The van der Waals surface area contributed by atoms with Crippen molar-refractivity contribution in [3.05, 3.63) is 75.1 Å². The Morgan fingerprint density at radius 2 is 1.67 bits per heavy atom. The number of carbonyl (C=O) groups is 2. The van der Waals surface area contributed by atoms with E-state index in [1.54, 1.807) is 47.5 Å². The summed E-state index contributed by atoms with van der Waals surface area (Å²) in [6.07, 6.45) is 3.80. The van der Waals surface area contributed by atoms with Crippen molar-refractivity contribution in [1.82, 2.24) is 15.6 Å². The molecular formula is C37H42N4O7. The molecule has 6 rings (SSSR count). The molecule has 0 radical (unpaired) electrons. The molecule has 1 unspecified atom stereocenters. The SMILES string of the molecule is COc1ccc2[nH]c3c(c2c1)CCCC3NC(=O)[C@H](C)Nc1ccc2c(cc1=O)[C@@H](NC(C)=O)CCc1cc(OC)c(OC)c(OC)c1-2. The van der Waals surface area contributed by atoms with E-state index in [9.17, 15) is 14.4 Å². The molecule has 4 N–H and O–H groups in total. The molecule has 0 bridgehead atoms. The van der Waals surface area contributed by atoms with Crippen LogP contribution in [0.2, 0.25) is 0 Å². The van der Waals surface area contributed by atoms with E-state index in [-0.39, 0.29) is 29.0 Å². The lowest BCUT2D eigenvalue weighted by Gasteiger charge is -2.25. The molecule has 3 atom stereocenters. The number of nitrogens with one attached hydrogen (secondary N) is 4. The molecule has 0 fully saturated rings. The van der Waals surface area contributed by atoms with Gasteiger partial charge in [-0.2, -0.15) is 0 Å². The van der Waals surface area contributed by atoms with Gasteiger partial charge in [-0.25, -0.2) is 0 Å². The van der Waals surface area contributed by atoms with Crippen LogP contribution in [0.15, 0.2) is 47.3 Å². The summed E-state index contributed by atoms with van der Waals surface area (Å²) >= 11 is 0. The second kappa shape index (κ2) is 13.5. The maximum Gasteiger partial charge on any atom is 0.242 e. The van der Waals surface area contributed by atoms with E-state index in [1.165, 1.54) is 12.5 Å². The Morgan fingerprint density at radius 3 is 2.38 bits per heavy atom. The molecule has 252 valence electrons. The minimum Gasteiger partial charge on any atom is -0.497 e. The zero-order valence-electron chi connectivity index (χ0n) is 28.2. The van der Waals surface area contributed by atoms with Crippen molar-refractivity contribution in [3.63, 3.8) is 0 Å². The fraction of sp³-hybridized carbons (Fsp3) is 0.378. The smallest absolute Gasteiger partial charge is 0.242 e. The van der Waals surface area contributed by atoms with E-state index < -0.39 is 12.1 Å². The van der Waals surface area contributed by atoms with Gasteiger partial charge in [0.05, 0.1) is 46.2 Å². The first kappa shape index (κ1) is 32.7. The average Bonchev–Trinajstić information content (AvgIpc) is 3.31. The van der Waals surface area contributed by atoms with Crippen molar-refractivity contribution >= 4 is 28.4 Å². The Morgan fingerprint density at radius 1 is 0.875 bits per heavy atom. The van der Waals surface area contributed by atoms with E-state index in [2.05, 4.69) is 20.9 Å². The van der Waals surface area contributed by atoms with Gasteiger partial charge in [0.2, 0.25) is 23.0 Å². The van der Waals surface area contributed by atoms with E-state index in [4.69, 9.17) is 18.9 Å². The van der Waals surface area contributed by atoms with Gasteiger partial charge in [0.15, 0.2) is 11.5 Å². The number of fused-ring (bicyclic) bond motifs is 6. The van der Waals surface area contributed by atoms with Crippen molar-refractivity contribution in [2.75, 3.05) is 33.8 Å². The fourth-order valence-corrected chi connectivity index (χ4v) is 7.14. The molecule has 11 nitrogen and oxygen atoms in total. The minimum absolute atomic E-state index is 0.187. The molecule has 1 heterocycles. The molecule has 0 aliphatic heterocycles. The summed E-state index contributed by atoms with van der Waals surface area (Å²) < 4.78 is 22.6. The van der Waals surface area contributed by atoms with Gasteiger partial charge in [0, 0.05) is 29.1 Å². The summed E-state index contributed by atoms with van der Waals surface area (Å²) in [6, 6.07) is 11.6. The van der Waals surface area contributed by atoms with E-state index in [0.29, 0.717) is 41.2 Å². The summed E-state index contributed by atoms with van der Waals surface area (Å²) in [5.74, 6) is 1.79. The molecule has 0 saturated carbocycles. The van der Waals surface area contributed by atoms with Gasteiger partial charge in [-0.05, 0) is 97.7 Å². The van der Waals surface area contributed by atoms with Gasteiger partial charge in [-0.3, -0.25) is 14.4 Å². The fourth-order valence-electron chi connectivity index (χ4n) is 7.14. The number of methoxy groups -OCH3 is 4. The lowest BCUT2D eigenvalue weighted by Crippen LogP contribution is -2.41. The van der Waals surface area contributed by atoms with Crippen LogP contribution < -0.4 is 40.3 Å². The van der Waals surface area contributed by atoms with Gasteiger partial charge in [-0.1, -0.05) is 6.07 Å². The first-order valence-corrected chi connectivity index (χ1v) is 16.2. The molecule has 3 aromatic carbocycles. The standard InChI is InChI=1S/C37H42N4O7/c1-19(37(44)41-30-9-7-8-24-25-17-22(45-3)11-14-28(25)40-34(24)30)38-29-15-12-23-26(18-31(29)43)27(39-20(2)42)13-10-21-16-32(46-4)35(47-5)36(48-6)33(21)23/h11-12,14-19,27,30,40H,7-10,13H2,1-6H3,(H,38,43)(H,39,42)(H,41,44)/t19-,27-,30?/m0/s1. The third kappa shape index (κ3) is 6.00. The van der Waals surface area contributed by atoms with Gasteiger partial charge in [0.25, 0.3) is 0 Å². The molecule has 48 heavy (non-hydrogen) atoms. The van der Waals surface area contributed by atoms with Gasteiger partial charge in [0.1, 0.15) is 11.8 Å². The summed E-state index contributed by atoms with van der Waals surface area (Å²) in [5, 5.41) is 10.5. The summed E-state index contributed by atoms with van der Waals surface area (Å²) in [4.78, 5) is 43.2. The number of hydrogen-bond donors (Lipinski definition) is 4. The number of aromatic nitrogens is 1. The van der Waals surface area contributed by atoms with E-state index >= 15 is 0 Å². The van der Waals surface area contributed by atoms with Crippen LogP contribution in [0.1, 0.15) is 67.6 Å². The third-order valence-electron chi connectivity index (χ3n) is 9.41. The van der Waals surface area contributed by atoms with Crippen LogP contribution in [-0.4, -0.2) is 51.3 Å². The summed E-state index contributed by atoms with van der Waals surface area (Å²) in [7, 11) is 6.33. The molecule has 4 aromatic rings. The first-order valence-electron chi connectivity index (χ1n) is 16.2. The highest BCUT2D eigenvalue weighted by atomic mass is 16.5. The highest BCUT2D eigenvalue weighted by Crippen LogP contribution is 2.50. The Labute approximate surface area is 279 Å². The van der Waals surface area contributed by atoms with Crippen LogP contribution in [-0.2, 0) is 22.4 Å². The molecule has 0 saturated heterocycles. The van der Waals surface area contributed by atoms with Crippen molar-refractivity contribution in [2.45, 2.75) is 64.1 Å². The quantitative estimate of drug-likeness (QED) is 0.190. The van der Waals surface area contributed by atoms with Gasteiger partial charge in [-0.15, -0.1) is 0 Å². The van der Waals surface area contributed by atoms with Gasteiger partial charge < -0.3 is 39.9 Å². The van der Waals surface area contributed by atoms with Gasteiger partial charge >= 0.3 is 0 Å². The maximum atomic E-state index is 13.8. The summed E-state index contributed by atoms with van der Waals surface area (Å²) in [5.41, 5.74) is 6.21. The van der Waals surface area contributed by atoms with Crippen LogP contribution in [0.5, 0.6) is 23.0 Å². The van der Waals surface area contributed by atoms with E-state index in [0.717, 1.165) is 52.7 Å². The Hall–Kier alpha value is -5.19. The van der Waals surface area contributed by atoms with Crippen molar-refractivity contribution in [2.24, 2.45) is 0 Å². The topological polar surface area (TPSA) is 140 Å². The first-order chi connectivity index (χ1) is 23.2. The number of carbonyl (C=O) groups excluding carboxylic acids is 2. The minimum atomic E-state index is -0.716. The average molecular weight is 655 g/mol. The number of aryl methyl sites for hydroxylation is 2. The number of ether oxygens (including phenoxy) is 4. The van der Waals surface area contributed by atoms with Crippen molar-refractivity contribution in [3.8, 4) is 34.1 Å². The van der Waals surface area contributed by atoms with Crippen LogP contribution in [0.25, 0.3) is 22.0 Å². The molecular weight excluding hydrogens is 612 g/mol. The Bertz CT molecular complexity index is 1950. The summed E-state index contributed by atoms with van der Waals surface area (Å²) in [6.45, 7) is 3.20. The molecule has 2 aliphatic rings. The second-order valence-electron chi connectivity index (χ2n) is 12.3. The monoisotopic (exact) mass is 654 g/mol. The van der Waals surface area contributed by atoms with Crippen LogP contribution in [0.4, 0.5) is 5.69 Å². The Kier molecular flexibility index (Phi) is 9.21. The van der Waals surface area contributed by atoms with Crippen LogP contribution in [0, 0.1) is 0 Å². The number of amides is 2.